The number of rotatable bonds is 6. The summed E-state index contributed by atoms with van der Waals surface area (Å²) in [5.41, 5.74) is 0.643. The first-order chi connectivity index (χ1) is 10.6. The summed E-state index contributed by atoms with van der Waals surface area (Å²) in [7, 11) is -3.14. The molecule has 8 heteroatoms. The van der Waals surface area contributed by atoms with Gasteiger partial charge >= 0.3 is 0 Å². The van der Waals surface area contributed by atoms with E-state index in [0.29, 0.717) is 36.9 Å². The summed E-state index contributed by atoms with van der Waals surface area (Å²) in [6.45, 7) is 2.80. The third kappa shape index (κ3) is 3.02. The normalized spacial score (nSPS) is 16.6. The predicted octanol–water partition coefficient (Wildman–Crippen LogP) is 1.66. The van der Waals surface area contributed by atoms with Crippen LogP contribution in [0.2, 0.25) is 0 Å². The number of pyridine rings is 1. The fraction of sp³-hybridized carbons (Fsp3) is 0.500. The zero-order chi connectivity index (χ0) is 15.6. The summed E-state index contributed by atoms with van der Waals surface area (Å²) in [5, 5.41) is 3.91. The lowest BCUT2D eigenvalue weighted by Gasteiger charge is -2.35. The Balaban J connectivity index is 1.63. The largest absolute Gasteiger partial charge is 0.339 e. The molecule has 1 saturated heterocycles. The SMILES string of the molecule is CCCCS(=O)(=O)N1CC(c2nc(-c3ccccn3)no2)C1. The quantitative estimate of drug-likeness (QED) is 0.803. The number of sulfonamides is 1. The molecule has 3 heterocycles. The second-order valence-electron chi connectivity index (χ2n) is 5.35. The summed E-state index contributed by atoms with van der Waals surface area (Å²) in [6, 6.07) is 5.47. The molecule has 0 unspecified atom stereocenters. The molecule has 1 fully saturated rings. The fourth-order valence-electron chi connectivity index (χ4n) is 2.28. The molecular formula is C14H18N4O3S. The molecule has 2 aromatic rings. The lowest BCUT2D eigenvalue weighted by Crippen LogP contribution is -2.49. The van der Waals surface area contributed by atoms with Crippen LogP contribution >= 0.6 is 0 Å². The van der Waals surface area contributed by atoms with Gasteiger partial charge in [0.15, 0.2) is 0 Å². The third-order valence-electron chi connectivity index (χ3n) is 3.68. The maximum absolute atomic E-state index is 12.0. The highest BCUT2D eigenvalue weighted by Crippen LogP contribution is 2.29. The van der Waals surface area contributed by atoms with E-state index in [1.54, 1.807) is 12.3 Å². The van der Waals surface area contributed by atoms with Crippen molar-refractivity contribution in [1.82, 2.24) is 19.4 Å². The van der Waals surface area contributed by atoms with Crippen molar-refractivity contribution in [2.24, 2.45) is 0 Å². The molecule has 0 N–H and O–H groups in total. The molecule has 1 aliphatic rings. The monoisotopic (exact) mass is 322 g/mol. The maximum Gasteiger partial charge on any atom is 0.232 e. The minimum atomic E-state index is -3.14. The Hall–Kier alpha value is -1.80. The molecule has 22 heavy (non-hydrogen) atoms. The number of nitrogens with zero attached hydrogens (tertiary/aromatic N) is 4. The van der Waals surface area contributed by atoms with Crippen LogP contribution in [-0.4, -0.2) is 46.7 Å². The van der Waals surface area contributed by atoms with Gasteiger partial charge in [0, 0.05) is 19.3 Å². The lowest BCUT2D eigenvalue weighted by atomic mass is 10.0. The molecule has 0 spiro atoms. The summed E-state index contributed by atoms with van der Waals surface area (Å²) in [5.74, 6) is 1.09. The molecular weight excluding hydrogens is 304 g/mol. The van der Waals surface area contributed by atoms with Crippen LogP contribution in [0.25, 0.3) is 11.5 Å². The van der Waals surface area contributed by atoms with Crippen molar-refractivity contribution >= 4 is 10.0 Å². The van der Waals surface area contributed by atoms with E-state index in [9.17, 15) is 8.42 Å². The molecule has 0 bridgehead atoms. The van der Waals surface area contributed by atoms with Crippen LogP contribution in [-0.2, 0) is 10.0 Å². The molecule has 0 amide bonds. The van der Waals surface area contributed by atoms with E-state index in [1.807, 2.05) is 19.1 Å². The molecule has 0 aliphatic carbocycles. The Kier molecular flexibility index (Phi) is 4.21. The highest BCUT2D eigenvalue weighted by molar-refractivity contribution is 7.89. The Morgan fingerprint density at radius 3 is 2.86 bits per heavy atom. The van der Waals surface area contributed by atoms with Crippen molar-refractivity contribution in [2.45, 2.75) is 25.7 Å². The first-order valence-corrected chi connectivity index (χ1v) is 8.94. The molecule has 0 atom stereocenters. The highest BCUT2D eigenvalue weighted by atomic mass is 32.2. The van der Waals surface area contributed by atoms with Crippen LogP contribution in [0.4, 0.5) is 0 Å². The van der Waals surface area contributed by atoms with Gasteiger partial charge in [0.05, 0.1) is 11.7 Å². The highest BCUT2D eigenvalue weighted by Gasteiger charge is 2.39. The first kappa shape index (κ1) is 15.1. The Morgan fingerprint density at radius 1 is 1.36 bits per heavy atom. The molecule has 0 radical (unpaired) electrons. The fourth-order valence-corrected chi connectivity index (χ4v) is 4.00. The van der Waals surface area contributed by atoms with Crippen molar-refractivity contribution in [3.05, 3.63) is 30.3 Å². The zero-order valence-corrected chi connectivity index (χ0v) is 13.2. The molecule has 0 saturated carbocycles. The first-order valence-electron chi connectivity index (χ1n) is 7.33. The molecule has 0 aromatic carbocycles. The second-order valence-corrected chi connectivity index (χ2v) is 7.44. The van der Waals surface area contributed by atoms with Crippen molar-refractivity contribution in [1.29, 1.82) is 0 Å². The number of unbranched alkanes of at least 4 members (excludes halogenated alkanes) is 1. The Labute approximate surface area is 129 Å². The van der Waals surface area contributed by atoms with E-state index < -0.39 is 10.0 Å². The lowest BCUT2D eigenvalue weighted by molar-refractivity contribution is 0.216. The predicted molar refractivity (Wildman–Crippen MR) is 80.5 cm³/mol. The number of hydrogen-bond donors (Lipinski definition) is 0. The summed E-state index contributed by atoms with van der Waals surface area (Å²) in [4.78, 5) is 8.48. The van der Waals surface area contributed by atoms with Gasteiger partial charge in [0.1, 0.15) is 5.69 Å². The number of aromatic nitrogens is 3. The van der Waals surface area contributed by atoms with Gasteiger partial charge < -0.3 is 4.52 Å². The van der Waals surface area contributed by atoms with Gasteiger partial charge in [0.2, 0.25) is 21.7 Å². The van der Waals surface area contributed by atoms with Crippen LogP contribution in [0.5, 0.6) is 0 Å². The van der Waals surface area contributed by atoms with E-state index in [0.717, 1.165) is 6.42 Å². The second kappa shape index (κ2) is 6.13. The van der Waals surface area contributed by atoms with Crippen LogP contribution < -0.4 is 0 Å². The smallest absolute Gasteiger partial charge is 0.232 e. The molecule has 7 nitrogen and oxygen atoms in total. The summed E-state index contributed by atoms with van der Waals surface area (Å²) >= 11 is 0. The van der Waals surface area contributed by atoms with Crippen LogP contribution in [0, 0.1) is 0 Å². The van der Waals surface area contributed by atoms with E-state index in [2.05, 4.69) is 15.1 Å². The topological polar surface area (TPSA) is 89.2 Å². The van der Waals surface area contributed by atoms with Gasteiger partial charge in [-0.15, -0.1) is 0 Å². The van der Waals surface area contributed by atoms with Gasteiger partial charge in [0.25, 0.3) is 0 Å². The van der Waals surface area contributed by atoms with Crippen LogP contribution in [0.1, 0.15) is 31.6 Å². The van der Waals surface area contributed by atoms with Gasteiger partial charge in [-0.3, -0.25) is 4.98 Å². The minimum Gasteiger partial charge on any atom is -0.339 e. The molecule has 1 aliphatic heterocycles. The maximum atomic E-state index is 12.0. The average Bonchev–Trinajstić information content (AvgIpc) is 2.94. The Morgan fingerprint density at radius 2 is 2.18 bits per heavy atom. The van der Waals surface area contributed by atoms with Gasteiger partial charge in [-0.1, -0.05) is 24.6 Å². The van der Waals surface area contributed by atoms with Crippen molar-refractivity contribution in [3.63, 3.8) is 0 Å². The third-order valence-corrected chi connectivity index (χ3v) is 5.57. The van der Waals surface area contributed by atoms with Crippen LogP contribution in [0.15, 0.2) is 28.9 Å². The molecule has 2 aromatic heterocycles. The standard InChI is InChI=1S/C14H18N4O3S/c1-2-3-8-22(19,20)18-9-11(10-18)14-16-13(17-21-14)12-6-4-5-7-15-12/h4-7,11H,2-3,8-10H2,1H3. The van der Waals surface area contributed by atoms with Gasteiger partial charge in [-0.05, 0) is 18.6 Å². The molecule has 3 rings (SSSR count). The zero-order valence-electron chi connectivity index (χ0n) is 12.3. The minimum absolute atomic E-state index is 0.0265. The van der Waals surface area contributed by atoms with Gasteiger partial charge in [-0.25, -0.2) is 12.7 Å². The van der Waals surface area contributed by atoms with Crippen molar-refractivity contribution in [3.8, 4) is 11.5 Å². The van der Waals surface area contributed by atoms with E-state index in [-0.39, 0.29) is 11.7 Å². The number of hydrogen-bond acceptors (Lipinski definition) is 6. The summed E-state index contributed by atoms with van der Waals surface area (Å²) < 4.78 is 30.8. The van der Waals surface area contributed by atoms with Crippen molar-refractivity contribution in [2.75, 3.05) is 18.8 Å². The summed E-state index contributed by atoms with van der Waals surface area (Å²) in [6.07, 6.45) is 3.22. The van der Waals surface area contributed by atoms with E-state index >= 15 is 0 Å². The van der Waals surface area contributed by atoms with Crippen molar-refractivity contribution < 1.29 is 12.9 Å². The Bertz CT molecular complexity index is 724. The van der Waals surface area contributed by atoms with Gasteiger partial charge in [-0.2, -0.15) is 4.98 Å². The van der Waals surface area contributed by atoms with E-state index in [4.69, 9.17) is 4.52 Å². The van der Waals surface area contributed by atoms with Crippen LogP contribution in [0.3, 0.4) is 0 Å². The molecule has 118 valence electrons. The van der Waals surface area contributed by atoms with E-state index in [1.165, 1.54) is 4.31 Å². The average molecular weight is 322 g/mol.